The van der Waals surface area contributed by atoms with E-state index in [-0.39, 0.29) is 11.6 Å². The maximum absolute atomic E-state index is 12.5. The molecule has 0 heterocycles. The highest BCUT2D eigenvalue weighted by atomic mass is 35.5. The van der Waals surface area contributed by atoms with Gasteiger partial charge in [-0.05, 0) is 49.6 Å². The van der Waals surface area contributed by atoms with Crippen molar-refractivity contribution >= 4 is 40.5 Å². The van der Waals surface area contributed by atoms with Gasteiger partial charge >= 0.3 is 0 Å². The Hall–Kier alpha value is -2.31. The number of rotatable bonds is 6. The second-order valence-corrected chi connectivity index (χ2v) is 6.58. The van der Waals surface area contributed by atoms with Gasteiger partial charge in [-0.15, -0.1) is 0 Å². The van der Waals surface area contributed by atoms with E-state index in [1.165, 1.54) is 18.2 Å². The molecule has 2 rings (SSSR count). The number of benzene rings is 2. The number of carbonyl (C=O) groups excluding carboxylic acids is 1. The SMILES string of the molecule is CCc1cc([N+](=O)[O-])cc(C)c1NC(=O)[C@@H](C)Oc1ccc(Cl)cc1Cl. The number of ether oxygens (including phenoxy) is 1. The monoisotopic (exact) mass is 396 g/mol. The Morgan fingerprint density at radius 1 is 1.31 bits per heavy atom. The van der Waals surface area contributed by atoms with Crippen molar-refractivity contribution < 1.29 is 14.5 Å². The van der Waals surface area contributed by atoms with E-state index in [0.717, 1.165) is 0 Å². The lowest BCUT2D eigenvalue weighted by Gasteiger charge is -2.18. The number of non-ortho nitro benzene ring substituents is 1. The van der Waals surface area contributed by atoms with Crippen LogP contribution < -0.4 is 10.1 Å². The first-order valence-electron chi connectivity index (χ1n) is 7.93. The third kappa shape index (κ3) is 4.65. The average Bonchev–Trinajstić information content (AvgIpc) is 2.58. The van der Waals surface area contributed by atoms with Gasteiger partial charge in [-0.1, -0.05) is 30.1 Å². The molecule has 2 aromatic carbocycles. The average molecular weight is 397 g/mol. The normalized spacial score (nSPS) is 11.7. The molecular weight excluding hydrogens is 379 g/mol. The molecule has 0 spiro atoms. The van der Waals surface area contributed by atoms with Crippen molar-refractivity contribution in [3.8, 4) is 5.75 Å². The second-order valence-electron chi connectivity index (χ2n) is 5.73. The number of aryl methyl sites for hydroxylation is 2. The van der Waals surface area contributed by atoms with Crippen LogP contribution in [0.1, 0.15) is 25.0 Å². The Morgan fingerprint density at radius 3 is 2.58 bits per heavy atom. The lowest BCUT2D eigenvalue weighted by molar-refractivity contribution is -0.384. The van der Waals surface area contributed by atoms with Gasteiger partial charge in [0.05, 0.1) is 9.95 Å². The molecule has 0 fully saturated rings. The Morgan fingerprint density at radius 2 is 2.00 bits per heavy atom. The number of hydrogen-bond donors (Lipinski definition) is 1. The standard InChI is InChI=1S/C18H18Cl2N2O4/c1-4-12-8-14(22(24)25)7-10(2)17(12)21-18(23)11(3)26-16-6-5-13(19)9-15(16)20/h5-9,11H,4H2,1-3H3,(H,21,23)/t11-/m1/s1. The van der Waals surface area contributed by atoms with Crippen LogP contribution in [0, 0.1) is 17.0 Å². The Bertz CT molecular complexity index is 855. The Balaban J connectivity index is 2.19. The van der Waals surface area contributed by atoms with Crippen molar-refractivity contribution in [1.29, 1.82) is 0 Å². The van der Waals surface area contributed by atoms with Gasteiger partial charge in [0.15, 0.2) is 6.10 Å². The summed E-state index contributed by atoms with van der Waals surface area (Å²) in [5.41, 5.74) is 1.85. The van der Waals surface area contributed by atoms with Gasteiger partial charge in [-0.25, -0.2) is 0 Å². The fourth-order valence-electron chi connectivity index (χ4n) is 2.44. The predicted octanol–water partition coefficient (Wildman–Crippen LogP) is 5.18. The van der Waals surface area contributed by atoms with Gasteiger partial charge in [-0.2, -0.15) is 0 Å². The van der Waals surface area contributed by atoms with Gasteiger partial charge in [0, 0.05) is 22.8 Å². The molecule has 26 heavy (non-hydrogen) atoms. The van der Waals surface area contributed by atoms with E-state index in [0.29, 0.717) is 39.0 Å². The van der Waals surface area contributed by atoms with Crippen LogP contribution >= 0.6 is 23.2 Å². The van der Waals surface area contributed by atoms with Gasteiger partial charge in [0.25, 0.3) is 11.6 Å². The summed E-state index contributed by atoms with van der Waals surface area (Å²) in [6.45, 7) is 5.16. The molecule has 0 radical (unpaired) electrons. The lowest BCUT2D eigenvalue weighted by atomic mass is 10.0. The molecule has 0 unspecified atom stereocenters. The topological polar surface area (TPSA) is 81.5 Å². The van der Waals surface area contributed by atoms with E-state index in [9.17, 15) is 14.9 Å². The van der Waals surface area contributed by atoms with Gasteiger partial charge in [-0.3, -0.25) is 14.9 Å². The molecule has 1 atom stereocenters. The number of amides is 1. The fraction of sp³-hybridized carbons (Fsp3) is 0.278. The van der Waals surface area contributed by atoms with Crippen LogP contribution in [0.5, 0.6) is 5.75 Å². The van der Waals surface area contributed by atoms with Crippen LogP contribution in [0.15, 0.2) is 30.3 Å². The lowest BCUT2D eigenvalue weighted by Crippen LogP contribution is -2.31. The zero-order chi connectivity index (χ0) is 19.4. The summed E-state index contributed by atoms with van der Waals surface area (Å²) in [5.74, 6) is -0.0440. The molecule has 1 N–H and O–H groups in total. The largest absolute Gasteiger partial charge is 0.479 e. The Labute approximate surface area is 161 Å². The van der Waals surface area contributed by atoms with Crippen LogP contribution in [0.25, 0.3) is 0 Å². The van der Waals surface area contributed by atoms with Crippen molar-refractivity contribution in [3.05, 3.63) is 61.6 Å². The number of halogens is 2. The summed E-state index contributed by atoms with van der Waals surface area (Å²) < 4.78 is 5.60. The first-order chi connectivity index (χ1) is 12.2. The molecule has 0 aliphatic carbocycles. The van der Waals surface area contributed by atoms with Crippen molar-refractivity contribution in [2.24, 2.45) is 0 Å². The van der Waals surface area contributed by atoms with E-state index in [2.05, 4.69) is 5.32 Å². The Kier molecular flexibility index (Phi) is 6.45. The van der Waals surface area contributed by atoms with Gasteiger partial charge < -0.3 is 10.1 Å². The predicted molar refractivity (Wildman–Crippen MR) is 102 cm³/mol. The molecule has 8 heteroatoms. The van der Waals surface area contributed by atoms with E-state index in [4.69, 9.17) is 27.9 Å². The van der Waals surface area contributed by atoms with E-state index in [1.807, 2.05) is 6.92 Å². The van der Waals surface area contributed by atoms with Gasteiger partial charge in [0.1, 0.15) is 5.75 Å². The first kappa shape index (κ1) is 20.0. The van der Waals surface area contributed by atoms with E-state index < -0.39 is 11.0 Å². The molecule has 6 nitrogen and oxygen atoms in total. The number of carbonyl (C=O) groups is 1. The summed E-state index contributed by atoms with van der Waals surface area (Å²) in [5, 5.41) is 14.6. The van der Waals surface area contributed by atoms with Crippen molar-refractivity contribution in [2.45, 2.75) is 33.3 Å². The molecule has 0 aromatic heterocycles. The number of anilines is 1. The first-order valence-corrected chi connectivity index (χ1v) is 8.69. The minimum absolute atomic E-state index is 0.00501. The minimum atomic E-state index is -0.826. The zero-order valence-corrected chi connectivity index (χ0v) is 16.0. The molecule has 2 aromatic rings. The van der Waals surface area contributed by atoms with Crippen LogP contribution in [-0.2, 0) is 11.2 Å². The molecule has 0 aliphatic heterocycles. The van der Waals surface area contributed by atoms with E-state index >= 15 is 0 Å². The highest BCUT2D eigenvalue weighted by Gasteiger charge is 2.20. The molecule has 0 bridgehead atoms. The molecule has 138 valence electrons. The van der Waals surface area contributed by atoms with Crippen LogP contribution in [0.2, 0.25) is 10.0 Å². The van der Waals surface area contributed by atoms with Crippen LogP contribution in [0.4, 0.5) is 11.4 Å². The molecule has 0 aliphatic rings. The quantitative estimate of drug-likeness (QED) is 0.538. The molecule has 0 saturated carbocycles. The van der Waals surface area contributed by atoms with Crippen molar-refractivity contribution in [3.63, 3.8) is 0 Å². The second kappa shape index (κ2) is 8.38. The summed E-state index contributed by atoms with van der Waals surface area (Å²) in [7, 11) is 0. The minimum Gasteiger partial charge on any atom is -0.479 e. The van der Waals surface area contributed by atoms with Crippen LogP contribution in [0.3, 0.4) is 0 Å². The van der Waals surface area contributed by atoms with Crippen LogP contribution in [-0.4, -0.2) is 16.9 Å². The van der Waals surface area contributed by atoms with Crippen molar-refractivity contribution in [1.82, 2.24) is 0 Å². The molecular formula is C18H18Cl2N2O4. The third-order valence-corrected chi connectivity index (χ3v) is 4.34. The number of nitro benzene ring substituents is 1. The number of nitro groups is 1. The number of nitrogens with zero attached hydrogens (tertiary/aromatic N) is 1. The summed E-state index contributed by atoms with van der Waals surface area (Å²) >= 11 is 11.9. The van der Waals surface area contributed by atoms with Gasteiger partial charge in [0.2, 0.25) is 0 Å². The third-order valence-electron chi connectivity index (χ3n) is 3.81. The van der Waals surface area contributed by atoms with E-state index in [1.54, 1.807) is 26.0 Å². The summed E-state index contributed by atoms with van der Waals surface area (Å²) in [6.07, 6.45) is -0.288. The zero-order valence-electron chi connectivity index (χ0n) is 14.5. The summed E-state index contributed by atoms with van der Waals surface area (Å²) in [4.78, 5) is 23.0. The smallest absolute Gasteiger partial charge is 0.270 e. The summed E-state index contributed by atoms with van der Waals surface area (Å²) in [6, 6.07) is 7.62. The maximum atomic E-state index is 12.5. The van der Waals surface area contributed by atoms with Crippen molar-refractivity contribution in [2.75, 3.05) is 5.32 Å². The highest BCUT2D eigenvalue weighted by molar-refractivity contribution is 6.35. The molecule has 0 saturated heterocycles. The highest BCUT2D eigenvalue weighted by Crippen LogP contribution is 2.30. The number of nitrogens with one attached hydrogen (secondary N) is 1. The fourth-order valence-corrected chi connectivity index (χ4v) is 2.90. The number of hydrogen-bond acceptors (Lipinski definition) is 4. The molecule has 1 amide bonds. The maximum Gasteiger partial charge on any atom is 0.270 e.